The molecule has 1 aliphatic carbocycles. The first-order valence-corrected chi connectivity index (χ1v) is 14.8. The van der Waals surface area contributed by atoms with E-state index in [0.29, 0.717) is 44.9 Å². The van der Waals surface area contributed by atoms with Crippen molar-refractivity contribution in [1.29, 1.82) is 0 Å². The Kier molecular flexibility index (Phi) is 11.9. The van der Waals surface area contributed by atoms with Crippen molar-refractivity contribution in [3.63, 3.8) is 0 Å². The summed E-state index contributed by atoms with van der Waals surface area (Å²) in [7, 11) is 0. The zero-order chi connectivity index (χ0) is 29.2. The van der Waals surface area contributed by atoms with E-state index in [4.69, 9.17) is 5.11 Å². The van der Waals surface area contributed by atoms with Crippen LogP contribution in [-0.2, 0) is 14.4 Å². The molecule has 2 aliphatic rings. The number of carbonyl (C=O) groups excluding carboxylic acids is 2. The van der Waals surface area contributed by atoms with E-state index in [2.05, 4.69) is 6.92 Å². The zero-order valence-corrected chi connectivity index (χ0v) is 23.8. The lowest BCUT2D eigenvalue weighted by Crippen LogP contribution is -2.39. The fourth-order valence-corrected chi connectivity index (χ4v) is 6.42. The van der Waals surface area contributed by atoms with E-state index in [9.17, 15) is 29.7 Å². The molecular formula is C32H45NO7. The lowest BCUT2D eigenvalue weighted by Gasteiger charge is -2.36. The summed E-state index contributed by atoms with van der Waals surface area (Å²) in [5.74, 6) is -2.97. The number of phenolic OH excluding ortho intramolecular Hbond substituents is 1. The number of aliphatic hydroxyl groups excluding tert-OH is 2. The zero-order valence-electron chi connectivity index (χ0n) is 23.8. The Morgan fingerprint density at radius 2 is 1.85 bits per heavy atom. The van der Waals surface area contributed by atoms with E-state index in [-0.39, 0.29) is 37.1 Å². The second-order valence-corrected chi connectivity index (χ2v) is 11.2. The third kappa shape index (κ3) is 7.82. The number of amides is 2. The van der Waals surface area contributed by atoms with Crippen molar-refractivity contribution in [1.82, 2.24) is 4.90 Å². The van der Waals surface area contributed by atoms with Crippen LogP contribution in [0.3, 0.4) is 0 Å². The number of carboxylic acid groups (broad SMARTS) is 1. The number of aromatic hydroxyl groups is 1. The van der Waals surface area contributed by atoms with Gasteiger partial charge >= 0.3 is 5.97 Å². The molecule has 0 radical (unpaired) electrons. The van der Waals surface area contributed by atoms with Gasteiger partial charge in [-0.15, -0.1) is 0 Å². The van der Waals surface area contributed by atoms with Crippen LogP contribution in [0, 0.1) is 17.8 Å². The monoisotopic (exact) mass is 555 g/mol. The minimum absolute atomic E-state index is 0.0637. The molecule has 8 nitrogen and oxygen atoms in total. The molecule has 2 amide bonds. The molecule has 1 aliphatic heterocycles. The van der Waals surface area contributed by atoms with E-state index in [1.165, 1.54) is 4.90 Å². The van der Waals surface area contributed by atoms with Crippen molar-refractivity contribution in [3.8, 4) is 5.75 Å². The summed E-state index contributed by atoms with van der Waals surface area (Å²) >= 11 is 0. The molecule has 40 heavy (non-hydrogen) atoms. The predicted molar refractivity (Wildman–Crippen MR) is 153 cm³/mol. The van der Waals surface area contributed by atoms with E-state index in [1.54, 1.807) is 18.2 Å². The number of carboxylic acids is 1. The van der Waals surface area contributed by atoms with Crippen molar-refractivity contribution in [3.05, 3.63) is 46.5 Å². The van der Waals surface area contributed by atoms with Crippen molar-refractivity contribution in [2.75, 3.05) is 13.2 Å². The summed E-state index contributed by atoms with van der Waals surface area (Å²) in [4.78, 5) is 38.8. The van der Waals surface area contributed by atoms with Crippen molar-refractivity contribution < 1.29 is 34.8 Å². The number of nitrogens with zero attached hydrogens (tertiary/aromatic N) is 1. The average Bonchev–Trinajstić information content (AvgIpc) is 3.15. The van der Waals surface area contributed by atoms with Gasteiger partial charge in [-0.05, 0) is 68.2 Å². The highest BCUT2D eigenvalue weighted by Gasteiger charge is 2.54. The third-order valence-electron chi connectivity index (χ3n) is 8.21. The number of benzene rings is 1. The molecule has 0 unspecified atom stereocenters. The van der Waals surface area contributed by atoms with E-state index >= 15 is 0 Å². The minimum Gasteiger partial charge on any atom is -0.508 e. The Labute approximate surface area is 237 Å². The standard InChI is InChI=1S/C32H45NO7/c1-3-9-21(17-22-11-8-12-24(35)18-22)14-15-27(36)29-23(10-4-2)19-25-30(26(29)20-34)32(40)33(31(25)39)16-7-5-6-13-28(37)38/h8,11-12,17-18,25-27,30,34-36H,3-7,9-10,13-16,19-20H2,1-2H3,(H,37,38)/b21-17+/t25-,26+,27-,30-/m1/s1. The highest BCUT2D eigenvalue weighted by molar-refractivity contribution is 6.05. The maximum atomic E-state index is 13.5. The number of allylic oxidation sites excluding steroid dienone is 2. The highest BCUT2D eigenvalue weighted by Crippen LogP contribution is 2.47. The first-order valence-electron chi connectivity index (χ1n) is 14.8. The molecule has 1 fully saturated rings. The first kappa shape index (κ1) is 31.6. The molecule has 220 valence electrons. The van der Waals surface area contributed by atoms with Crippen LogP contribution in [0.4, 0.5) is 0 Å². The van der Waals surface area contributed by atoms with Crippen LogP contribution in [0.25, 0.3) is 6.08 Å². The molecule has 1 aromatic rings. The van der Waals surface area contributed by atoms with Crippen LogP contribution in [0.15, 0.2) is 41.0 Å². The number of phenols is 1. The molecule has 1 saturated heterocycles. The predicted octanol–water partition coefficient (Wildman–Crippen LogP) is 5.07. The van der Waals surface area contributed by atoms with Crippen LogP contribution in [0.1, 0.15) is 90.0 Å². The lowest BCUT2D eigenvalue weighted by atomic mass is 9.67. The van der Waals surface area contributed by atoms with Gasteiger partial charge in [0.05, 0.1) is 24.5 Å². The van der Waals surface area contributed by atoms with Crippen LogP contribution >= 0.6 is 0 Å². The maximum absolute atomic E-state index is 13.5. The number of fused-ring (bicyclic) bond motifs is 1. The molecule has 0 saturated carbocycles. The molecular weight excluding hydrogens is 510 g/mol. The number of unbranched alkanes of at least 4 members (excludes halogenated alkanes) is 2. The third-order valence-corrected chi connectivity index (χ3v) is 8.21. The van der Waals surface area contributed by atoms with Crippen molar-refractivity contribution in [2.45, 2.75) is 90.6 Å². The Morgan fingerprint density at radius 3 is 2.50 bits per heavy atom. The van der Waals surface area contributed by atoms with Gasteiger partial charge in [0.25, 0.3) is 0 Å². The highest BCUT2D eigenvalue weighted by atomic mass is 16.4. The molecule has 0 bridgehead atoms. The summed E-state index contributed by atoms with van der Waals surface area (Å²) in [6, 6.07) is 7.06. The van der Waals surface area contributed by atoms with Gasteiger partial charge in [0.1, 0.15) is 5.75 Å². The van der Waals surface area contributed by atoms with E-state index in [0.717, 1.165) is 41.5 Å². The van der Waals surface area contributed by atoms with Crippen LogP contribution in [0.5, 0.6) is 5.75 Å². The molecule has 0 spiro atoms. The molecule has 4 atom stereocenters. The quantitative estimate of drug-likeness (QED) is 0.127. The van der Waals surface area contributed by atoms with E-state index < -0.39 is 29.8 Å². The number of imide groups is 1. The summed E-state index contributed by atoms with van der Waals surface area (Å²) in [6.45, 7) is 4.08. The molecule has 1 heterocycles. The Morgan fingerprint density at radius 1 is 1.07 bits per heavy atom. The minimum atomic E-state index is -0.859. The number of hydrogen-bond acceptors (Lipinski definition) is 6. The Balaban J connectivity index is 1.77. The van der Waals surface area contributed by atoms with Crippen molar-refractivity contribution >= 4 is 23.9 Å². The smallest absolute Gasteiger partial charge is 0.303 e. The van der Waals surface area contributed by atoms with Gasteiger partial charge in [-0.2, -0.15) is 0 Å². The average molecular weight is 556 g/mol. The van der Waals surface area contributed by atoms with Crippen LogP contribution in [-0.4, -0.2) is 62.4 Å². The van der Waals surface area contributed by atoms with Gasteiger partial charge in [0.15, 0.2) is 0 Å². The van der Waals surface area contributed by atoms with E-state index in [1.807, 2.05) is 19.1 Å². The Bertz CT molecular complexity index is 1110. The second kappa shape index (κ2) is 15.1. The van der Waals surface area contributed by atoms with Crippen molar-refractivity contribution in [2.24, 2.45) is 17.8 Å². The largest absolute Gasteiger partial charge is 0.508 e. The topological polar surface area (TPSA) is 135 Å². The van der Waals surface area contributed by atoms with Crippen LogP contribution in [0.2, 0.25) is 0 Å². The second-order valence-electron chi connectivity index (χ2n) is 11.2. The number of hydrogen-bond donors (Lipinski definition) is 4. The summed E-state index contributed by atoms with van der Waals surface area (Å²) < 4.78 is 0. The number of aliphatic carboxylic acids is 1. The number of likely N-dealkylation sites (tertiary alicyclic amines) is 1. The normalized spacial score (nSPS) is 22.1. The van der Waals surface area contributed by atoms with Gasteiger partial charge in [-0.25, -0.2) is 0 Å². The fourth-order valence-electron chi connectivity index (χ4n) is 6.42. The molecule has 3 rings (SSSR count). The maximum Gasteiger partial charge on any atom is 0.303 e. The lowest BCUT2D eigenvalue weighted by molar-refractivity contribution is -0.141. The van der Waals surface area contributed by atoms with Gasteiger partial charge in [-0.1, -0.05) is 62.5 Å². The van der Waals surface area contributed by atoms with Gasteiger partial charge in [-0.3, -0.25) is 19.3 Å². The molecule has 1 aromatic carbocycles. The Hall–Kier alpha value is -2.97. The van der Waals surface area contributed by atoms with Gasteiger partial charge in [0.2, 0.25) is 11.8 Å². The SMILES string of the molecule is CCCC1=C([C@H](O)CC/C(=C/c2cccc(O)c2)CCC)[C@H](CO)[C@@H]2C(=O)N(CCCCCC(=O)O)C(=O)[C@@H]2C1. The summed E-state index contributed by atoms with van der Waals surface area (Å²) in [5, 5.41) is 40.7. The first-order chi connectivity index (χ1) is 19.2. The number of carbonyl (C=O) groups is 3. The molecule has 4 N–H and O–H groups in total. The fraction of sp³-hybridized carbons (Fsp3) is 0.594. The number of rotatable bonds is 16. The van der Waals surface area contributed by atoms with Crippen LogP contribution < -0.4 is 0 Å². The molecule has 8 heteroatoms. The van der Waals surface area contributed by atoms with Gasteiger partial charge < -0.3 is 20.4 Å². The number of aliphatic hydroxyl groups is 2. The molecule has 0 aromatic heterocycles. The van der Waals surface area contributed by atoms with Gasteiger partial charge in [0, 0.05) is 18.9 Å². The summed E-state index contributed by atoms with van der Waals surface area (Å²) in [5.41, 5.74) is 3.76. The summed E-state index contributed by atoms with van der Waals surface area (Å²) in [6.07, 6.45) is 7.74.